The van der Waals surface area contributed by atoms with Gasteiger partial charge >= 0.3 is 0 Å². The number of rotatable bonds is 3. The third kappa shape index (κ3) is 3.17. The number of carbonyl (C=O) groups is 1. The first-order valence-electron chi connectivity index (χ1n) is 4.96. The molecule has 0 bridgehead atoms. The number of nitrogens with one attached hydrogen (secondary N) is 1. The van der Waals surface area contributed by atoms with Crippen molar-refractivity contribution < 1.29 is 13.6 Å². The first kappa shape index (κ1) is 15.4. The fourth-order valence-corrected chi connectivity index (χ4v) is 2.81. The van der Waals surface area contributed by atoms with E-state index in [0.29, 0.717) is 11.5 Å². The van der Waals surface area contributed by atoms with E-state index in [1.807, 2.05) is 0 Å². The lowest BCUT2D eigenvalue weighted by Gasteiger charge is -2.09. The van der Waals surface area contributed by atoms with Crippen molar-refractivity contribution in [3.05, 3.63) is 37.8 Å². The third-order valence-electron chi connectivity index (χ3n) is 2.17. The second-order valence-electron chi connectivity index (χ2n) is 3.49. The number of alkyl halides is 2. The summed E-state index contributed by atoms with van der Waals surface area (Å²) in [7, 11) is 0. The van der Waals surface area contributed by atoms with Gasteiger partial charge in [0.05, 0.1) is 15.7 Å². The second kappa shape index (κ2) is 6.17. The Labute approximate surface area is 130 Å². The van der Waals surface area contributed by atoms with Gasteiger partial charge in [0.1, 0.15) is 4.88 Å². The number of amides is 1. The lowest BCUT2D eigenvalue weighted by molar-refractivity contribution is 0.101. The van der Waals surface area contributed by atoms with Crippen LogP contribution in [0.3, 0.4) is 0 Å². The predicted octanol–water partition coefficient (Wildman–Crippen LogP) is 4.69. The molecule has 0 aliphatic rings. The van der Waals surface area contributed by atoms with Crippen LogP contribution in [0.15, 0.2) is 12.1 Å². The summed E-state index contributed by atoms with van der Waals surface area (Å²) in [6.45, 7) is 0. The molecule has 10 heteroatoms. The SMILES string of the molecule is O=C(Nc1c(Cl)cc(Cl)cc1Cl)c1snnc1C(F)F. The lowest BCUT2D eigenvalue weighted by Crippen LogP contribution is -2.13. The molecule has 0 saturated carbocycles. The van der Waals surface area contributed by atoms with Crippen LogP contribution in [-0.2, 0) is 0 Å². The highest BCUT2D eigenvalue weighted by Gasteiger charge is 2.24. The number of aromatic nitrogens is 2. The van der Waals surface area contributed by atoms with Gasteiger partial charge in [0.15, 0.2) is 5.69 Å². The first-order chi connectivity index (χ1) is 9.40. The standard InChI is InChI=1S/C10H4Cl3F2N3OS/c11-3-1-4(12)6(5(13)2-3)16-10(19)8-7(9(14)15)17-18-20-8/h1-2,9H,(H,16,19). The minimum absolute atomic E-state index is 0.0800. The summed E-state index contributed by atoms with van der Waals surface area (Å²) in [6.07, 6.45) is -2.90. The van der Waals surface area contributed by atoms with Crippen molar-refractivity contribution in [1.29, 1.82) is 0 Å². The highest BCUT2D eigenvalue weighted by Crippen LogP contribution is 2.34. The zero-order valence-corrected chi connectivity index (χ0v) is 12.4. The zero-order chi connectivity index (χ0) is 14.9. The maximum Gasteiger partial charge on any atom is 0.283 e. The quantitative estimate of drug-likeness (QED) is 0.866. The van der Waals surface area contributed by atoms with E-state index < -0.39 is 18.0 Å². The fourth-order valence-electron chi connectivity index (χ4n) is 1.33. The second-order valence-corrected chi connectivity index (χ2v) is 5.49. The molecule has 0 radical (unpaired) electrons. The van der Waals surface area contributed by atoms with Gasteiger partial charge in [-0.2, -0.15) is 0 Å². The van der Waals surface area contributed by atoms with Gasteiger partial charge in [-0.15, -0.1) is 5.10 Å². The Morgan fingerprint density at radius 2 is 1.85 bits per heavy atom. The van der Waals surface area contributed by atoms with E-state index in [1.165, 1.54) is 12.1 Å². The lowest BCUT2D eigenvalue weighted by atomic mass is 10.3. The minimum Gasteiger partial charge on any atom is -0.319 e. The average molecular weight is 359 g/mol. The monoisotopic (exact) mass is 357 g/mol. The van der Waals surface area contributed by atoms with Crippen LogP contribution < -0.4 is 5.32 Å². The molecule has 2 rings (SSSR count). The van der Waals surface area contributed by atoms with E-state index in [1.54, 1.807) is 0 Å². The van der Waals surface area contributed by atoms with Crippen LogP contribution in [0, 0.1) is 0 Å². The van der Waals surface area contributed by atoms with Crippen LogP contribution in [0.4, 0.5) is 14.5 Å². The molecule has 0 aliphatic heterocycles. The number of hydrogen-bond donors (Lipinski definition) is 1. The van der Waals surface area contributed by atoms with Crippen molar-refractivity contribution in [1.82, 2.24) is 9.59 Å². The molecule has 1 heterocycles. The summed E-state index contributed by atoms with van der Waals surface area (Å²) in [4.78, 5) is 11.6. The molecule has 0 spiro atoms. The summed E-state index contributed by atoms with van der Waals surface area (Å²) in [6, 6.07) is 2.73. The molecule has 2 aromatic rings. The number of carbonyl (C=O) groups excluding carboxylic acids is 1. The zero-order valence-electron chi connectivity index (χ0n) is 9.33. The molecule has 0 unspecified atom stereocenters. The van der Waals surface area contributed by atoms with Gasteiger partial charge < -0.3 is 5.32 Å². The molecule has 106 valence electrons. The summed E-state index contributed by atoms with van der Waals surface area (Å²) in [5.74, 6) is -0.818. The Balaban J connectivity index is 2.31. The smallest absolute Gasteiger partial charge is 0.283 e. The largest absolute Gasteiger partial charge is 0.319 e. The first-order valence-corrected chi connectivity index (χ1v) is 6.87. The van der Waals surface area contributed by atoms with Gasteiger partial charge in [0, 0.05) is 5.02 Å². The summed E-state index contributed by atoms with van der Waals surface area (Å²) in [5.41, 5.74) is -0.606. The van der Waals surface area contributed by atoms with E-state index in [4.69, 9.17) is 34.8 Å². The summed E-state index contributed by atoms with van der Waals surface area (Å²) < 4.78 is 28.6. The summed E-state index contributed by atoms with van der Waals surface area (Å²) >= 11 is 18.0. The molecule has 0 atom stereocenters. The maximum atomic E-state index is 12.6. The maximum absolute atomic E-state index is 12.6. The van der Waals surface area contributed by atoms with Crippen LogP contribution in [0.1, 0.15) is 21.8 Å². The van der Waals surface area contributed by atoms with Crippen molar-refractivity contribution in [3.63, 3.8) is 0 Å². The van der Waals surface area contributed by atoms with Gasteiger partial charge in [0.2, 0.25) is 0 Å². The van der Waals surface area contributed by atoms with Crippen LogP contribution >= 0.6 is 46.3 Å². The Morgan fingerprint density at radius 1 is 1.25 bits per heavy atom. The molecule has 0 fully saturated rings. The molecular weight excluding hydrogens is 355 g/mol. The van der Waals surface area contributed by atoms with Crippen LogP contribution in [-0.4, -0.2) is 15.5 Å². The molecule has 0 aliphatic carbocycles. The van der Waals surface area contributed by atoms with Crippen molar-refractivity contribution >= 4 is 57.9 Å². The molecule has 0 saturated heterocycles. The fraction of sp³-hybridized carbons (Fsp3) is 0.100. The Kier molecular flexibility index (Phi) is 4.74. The van der Waals surface area contributed by atoms with E-state index in [-0.39, 0.29) is 25.6 Å². The van der Waals surface area contributed by atoms with E-state index in [9.17, 15) is 13.6 Å². The minimum atomic E-state index is -2.90. The normalized spacial score (nSPS) is 10.9. The summed E-state index contributed by atoms with van der Waals surface area (Å²) in [5, 5.41) is 6.01. The topological polar surface area (TPSA) is 54.9 Å². The Morgan fingerprint density at radius 3 is 2.40 bits per heavy atom. The van der Waals surface area contributed by atoms with Gasteiger partial charge in [0.25, 0.3) is 12.3 Å². The van der Waals surface area contributed by atoms with Crippen LogP contribution in [0.25, 0.3) is 0 Å². The van der Waals surface area contributed by atoms with Gasteiger partial charge in [-0.05, 0) is 23.7 Å². The molecule has 4 nitrogen and oxygen atoms in total. The predicted molar refractivity (Wildman–Crippen MR) is 74.3 cm³/mol. The Hall–Kier alpha value is -1.02. The van der Waals surface area contributed by atoms with Crippen molar-refractivity contribution in [3.8, 4) is 0 Å². The van der Waals surface area contributed by atoms with E-state index in [0.717, 1.165) is 0 Å². The van der Waals surface area contributed by atoms with E-state index >= 15 is 0 Å². The molecule has 1 amide bonds. The van der Waals surface area contributed by atoms with Gasteiger partial charge in [-0.25, -0.2) is 8.78 Å². The highest BCUT2D eigenvalue weighted by molar-refractivity contribution is 7.08. The molecular formula is C10H4Cl3F2N3OS. The number of hydrogen-bond acceptors (Lipinski definition) is 4. The van der Waals surface area contributed by atoms with Crippen LogP contribution in [0.2, 0.25) is 15.1 Å². The molecule has 1 N–H and O–H groups in total. The third-order valence-corrected chi connectivity index (χ3v) is 3.73. The van der Waals surface area contributed by atoms with E-state index in [2.05, 4.69) is 14.9 Å². The Bertz CT molecular complexity index is 642. The number of halogens is 5. The van der Waals surface area contributed by atoms with Crippen molar-refractivity contribution in [2.24, 2.45) is 0 Å². The highest BCUT2D eigenvalue weighted by atomic mass is 35.5. The average Bonchev–Trinajstić information content (AvgIpc) is 2.82. The molecule has 20 heavy (non-hydrogen) atoms. The number of benzene rings is 1. The molecule has 1 aromatic carbocycles. The number of anilines is 1. The van der Waals surface area contributed by atoms with Gasteiger partial charge in [-0.1, -0.05) is 39.3 Å². The van der Waals surface area contributed by atoms with Crippen molar-refractivity contribution in [2.75, 3.05) is 5.32 Å². The van der Waals surface area contributed by atoms with Crippen molar-refractivity contribution in [2.45, 2.75) is 6.43 Å². The van der Waals surface area contributed by atoms with Gasteiger partial charge in [-0.3, -0.25) is 4.79 Å². The molecule has 1 aromatic heterocycles. The van der Waals surface area contributed by atoms with Crippen LogP contribution in [0.5, 0.6) is 0 Å². The number of nitrogens with zero attached hydrogens (tertiary/aromatic N) is 2.